The molecule has 1 aromatic heterocycles. The van der Waals surface area contributed by atoms with E-state index in [4.69, 9.17) is 4.74 Å². The zero-order valence-electron chi connectivity index (χ0n) is 14.4. The van der Waals surface area contributed by atoms with Crippen molar-refractivity contribution in [1.29, 1.82) is 0 Å². The average Bonchev–Trinajstić information content (AvgIpc) is 3.14. The molecule has 0 bridgehead atoms. The Labute approximate surface area is 163 Å². The Balaban J connectivity index is 1.65. The molecule has 1 amide bonds. The van der Waals surface area contributed by atoms with Crippen LogP contribution in [0.15, 0.2) is 53.9 Å². The molecule has 0 radical (unpaired) electrons. The van der Waals surface area contributed by atoms with Crippen molar-refractivity contribution < 1.29 is 18.3 Å². The molecule has 2 aromatic carbocycles. The summed E-state index contributed by atoms with van der Waals surface area (Å²) in [7, 11) is 0. The molecule has 0 spiro atoms. The molecule has 3 heterocycles. The highest BCUT2D eigenvalue weighted by Crippen LogP contribution is 2.49. The van der Waals surface area contributed by atoms with Crippen LogP contribution in [0.2, 0.25) is 0 Å². The van der Waals surface area contributed by atoms with Gasteiger partial charge in [-0.1, -0.05) is 23.9 Å². The van der Waals surface area contributed by atoms with E-state index in [0.717, 1.165) is 16.3 Å². The van der Waals surface area contributed by atoms with Crippen molar-refractivity contribution in [2.45, 2.75) is 10.4 Å². The minimum absolute atomic E-state index is 0.0362. The van der Waals surface area contributed by atoms with Crippen molar-refractivity contribution in [2.24, 2.45) is 0 Å². The standard InChI is InChI=1S/C20H13F2N3O2S/c21-13-3-1-11(2-4-13)19-14(9-25-6-5-23-20(25)28-19)12-7-15(22)18-16(8-12)24-17(26)10-27-18/h1-9,19H,10H2,(H,24,26). The summed E-state index contributed by atoms with van der Waals surface area (Å²) in [5.41, 5.74) is 2.57. The van der Waals surface area contributed by atoms with Crippen LogP contribution in [0.5, 0.6) is 5.75 Å². The summed E-state index contributed by atoms with van der Waals surface area (Å²) >= 11 is 1.49. The SMILES string of the molecule is O=C1COc2c(F)cc(C3=Cn4ccnc4SC3c3ccc(F)cc3)cc2N1. The molecule has 0 saturated carbocycles. The van der Waals surface area contributed by atoms with E-state index in [-0.39, 0.29) is 29.3 Å². The molecule has 0 fully saturated rings. The fourth-order valence-corrected chi connectivity index (χ4v) is 4.49. The van der Waals surface area contributed by atoms with Gasteiger partial charge in [-0.3, -0.25) is 4.79 Å². The molecular formula is C20H13F2N3O2S. The van der Waals surface area contributed by atoms with Crippen LogP contribution in [-0.2, 0) is 4.79 Å². The average molecular weight is 397 g/mol. The Morgan fingerprint density at radius 1 is 1.21 bits per heavy atom. The number of carbonyl (C=O) groups excluding carboxylic acids is 1. The van der Waals surface area contributed by atoms with Crippen molar-refractivity contribution in [3.8, 4) is 5.75 Å². The molecule has 3 aromatic rings. The summed E-state index contributed by atoms with van der Waals surface area (Å²) in [6.07, 6.45) is 5.37. The molecule has 1 unspecified atom stereocenters. The predicted molar refractivity (Wildman–Crippen MR) is 102 cm³/mol. The molecule has 1 N–H and O–H groups in total. The maximum atomic E-state index is 14.7. The van der Waals surface area contributed by atoms with Gasteiger partial charge in [-0.05, 0) is 41.0 Å². The molecule has 5 rings (SSSR count). The van der Waals surface area contributed by atoms with E-state index in [1.54, 1.807) is 24.4 Å². The third-order valence-electron chi connectivity index (χ3n) is 4.59. The van der Waals surface area contributed by atoms with E-state index >= 15 is 0 Å². The molecule has 2 aliphatic heterocycles. The van der Waals surface area contributed by atoms with Gasteiger partial charge in [0.2, 0.25) is 0 Å². The number of thioether (sulfide) groups is 1. The minimum atomic E-state index is -0.548. The molecule has 5 nitrogen and oxygen atoms in total. The van der Waals surface area contributed by atoms with E-state index in [9.17, 15) is 13.6 Å². The monoisotopic (exact) mass is 397 g/mol. The highest BCUT2D eigenvalue weighted by Gasteiger charge is 2.29. The number of nitrogens with zero attached hydrogens (tertiary/aromatic N) is 2. The Hall–Kier alpha value is -3.13. The molecule has 2 aliphatic rings. The first-order valence-electron chi connectivity index (χ1n) is 8.52. The topological polar surface area (TPSA) is 56.2 Å². The summed E-state index contributed by atoms with van der Waals surface area (Å²) in [6, 6.07) is 9.30. The van der Waals surface area contributed by atoms with E-state index in [0.29, 0.717) is 11.3 Å². The normalized spacial score (nSPS) is 17.9. The number of imidazole rings is 1. The van der Waals surface area contributed by atoms with Crippen LogP contribution < -0.4 is 10.1 Å². The first-order valence-corrected chi connectivity index (χ1v) is 9.40. The lowest BCUT2D eigenvalue weighted by Crippen LogP contribution is -2.26. The van der Waals surface area contributed by atoms with Gasteiger partial charge in [0, 0.05) is 18.6 Å². The van der Waals surface area contributed by atoms with Gasteiger partial charge < -0.3 is 14.6 Å². The zero-order valence-corrected chi connectivity index (χ0v) is 15.2. The summed E-state index contributed by atoms with van der Waals surface area (Å²) in [6.45, 7) is -0.210. The molecule has 8 heteroatoms. The first kappa shape index (κ1) is 17.0. The van der Waals surface area contributed by atoms with Crippen molar-refractivity contribution >= 4 is 35.1 Å². The lowest BCUT2D eigenvalue weighted by molar-refractivity contribution is -0.118. The summed E-state index contributed by atoms with van der Waals surface area (Å²) in [5, 5.41) is 3.22. The van der Waals surface area contributed by atoms with Gasteiger partial charge in [0.05, 0.1) is 10.9 Å². The molecule has 28 heavy (non-hydrogen) atoms. The second-order valence-electron chi connectivity index (χ2n) is 6.42. The van der Waals surface area contributed by atoms with Gasteiger partial charge >= 0.3 is 0 Å². The maximum absolute atomic E-state index is 14.7. The Kier molecular flexibility index (Phi) is 3.94. The van der Waals surface area contributed by atoms with Crippen LogP contribution in [0.4, 0.5) is 14.5 Å². The van der Waals surface area contributed by atoms with E-state index in [2.05, 4.69) is 10.3 Å². The number of carbonyl (C=O) groups is 1. The minimum Gasteiger partial charge on any atom is -0.478 e. The molecular weight excluding hydrogens is 384 g/mol. The summed E-state index contributed by atoms with van der Waals surface area (Å²) in [4.78, 5) is 16.0. The van der Waals surface area contributed by atoms with Crippen LogP contribution in [-0.4, -0.2) is 22.1 Å². The predicted octanol–water partition coefficient (Wildman–Crippen LogP) is 4.34. The van der Waals surface area contributed by atoms with Gasteiger partial charge in [-0.2, -0.15) is 0 Å². The number of anilines is 1. The van der Waals surface area contributed by atoms with Crippen LogP contribution >= 0.6 is 11.8 Å². The van der Waals surface area contributed by atoms with Gasteiger partial charge in [-0.25, -0.2) is 13.8 Å². The van der Waals surface area contributed by atoms with Crippen LogP contribution in [0.3, 0.4) is 0 Å². The number of rotatable bonds is 2. The number of aromatic nitrogens is 2. The van der Waals surface area contributed by atoms with Gasteiger partial charge in [0.1, 0.15) is 5.82 Å². The van der Waals surface area contributed by atoms with E-state index in [1.165, 1.54) is 30.0 Å². The lowest BCUT2D eigenvalue weighted by Gasteiger charge is -2.26. The number of hydrogen-bond donors (Lipinski definition) is 1. The van der Waals surface area contributed by atoms with Crippen LogP contribution in [0, 0.1) is 11.6 Å². The summed E-state index contributed by atoms with van der Waals surface area (Å²) in [5.74, 6) is -1.17. The number of fused-ring (bicyclic) bond motifs is 2. The Morgan fingerprint density at radius 2 is 2.04 bits per heavy atom. The van der Waals surface area contributed by atoms with Crippen molar-refractivity contribution in [3.05, 3.63) is 71.6 Å². The molecule has 1 atom stereocenters. The second kappa shape index (κ2) is 6.49. The largest absolute Gasteiger partial charge is 0.478 e. The zero-order chi connectivity index (χ0) is 19.3. The smallest absolute Gasteiger partial charge is 0.262 e. The highest BCUT2D eigenvalue weighted by atomic mass is 32.2. The fourth-order valence-electron chi connectivity index (χ4n) is 3.31. The third kappa shape index (κ3) is 2.86. The number of halogens is 2. The maximum Gasteiger partial charge on any atom is 0.262 e. The number of hydrogen-bond acceptors (Lipinski definition) is 4. The summed E-state index contributed by atoms with van der Waals surface area (Å²) < 4.78 is 35.1. The van der Waals surface area contributed by atoms with E-state index in [1.807, 2.05) is 17.0 Å². The Bertz CT molecular complexity index is 1120. The van der Waals surface area contributed by atoms with Crippen LogP contribution in [0.25, 0.3) is 11.8 Å². The van der Waals surface area contributed by atoms with Gasteiger partial charge in [0.15, 0.2) is 23.3 Å². The number of nitrogens with one attached hydrogen (secondary N) is 1. The fraction of sp³-hybridized carbons (Fsp3) is 0.100. The van der Waals surface area contributed by atoms with Crippen LogP contribution in [0.1, 0.15) is 16.4 Å². The molecule has 0 saturated heterocycles. The quantitative estimate of drug-likeness (QED) is 0.699. The molecule has 140 valence electrons. The van der Waals surface area contributed by atoms with Crippen molar-refractivity contribution in [3.63, 3.8) is 0 Å². The van der Waals surface area contributed by atoms with Crippen molar-refractivity contribution in [1.82, 2.24) is 9.55 Å². The second-order valence-corrected chi connectivity index (χ2v) is 7.49. The Morgan fingerprint density at radius 3 is 2.86 bits per heavy atom. The number of amides is 1. The third-order valence-corrected chi connectivity index (χ3v) is 5.88. The molecule has 0 aliphatic carbocycles. The van der Waals surface area contributed by atoms with Gasteiger partial charge in [-0.15, -0.1) is 0 Å². The van der Waals surface area contributed by atoms with Crippen molar-refractivity contribution in [2.75, 3.05) is 11.9 Å². The first-order chi connectivity index (χ1) is 13.6. The number of ether oxygens (including phenoxy) is 1. The van der Waals surface area contributed by atoms with Gasteiger partial charge in [0.25, 0.3) is 5.91 Å². The highest BCUT2D eigenvalue weighted by molar-refractivity contribution is 7.99. The number of benzene rings is 2. The van der Waals surface area contributed by atoms with E-state index < -0.39 is 5.82 Å². The lowest BCUT2D eigenvalue weighted by atomic mass is 9.97.